The van der Waals surface area contributed by atoms with Crippen molar-refractivity contribution >= 4 is 107 Å². The molecule has 0 amide bonds. The van der Waals surface area contributed by atoms with Gasteiger partial charge in [-0.25, -0.2) is 17.2 Å². The summed E-state index contributed by atoms with van der Waals surface area (Å²) in [4.78, 5) is 25.9. The molecule has 0 aromatic heterocycles. The van der Waals surface area contributed by atoms with Gasteiger partial charge in [-0.2, -0.15) is 8.42 Å². The van der Waals surface area contributed by atoms with Crippen LogP contribution < -0.4 is 0 Å². The highest BCUT2D eigenvalue weighted by Gasteiger charge is 2.39. The van der Waals surface area contributed by atoms with Crippen LogP contribution in [0.25, 0.3) is 21.5 Å². The standard InChI is InChI=1S/C33H22Cl3FINO7S/c34-25-15-27(36)30(16-26(25)35)47(42,43)46-29(18-44-32(40)23-11-9-19-5-1-3-7-21(19)13-23)31(28(37)17-39-38)45-33(41)24-12-10-20-6-2-4-8-22(20)14-24/h1-17,28-29,31H,18H2/t28-,29-,31+/m1/s1. The second-order valence-corrected chi connectivity index (χ2v) is 13.4. The molecule has 0 aliphatic rings. The maximum atomic E-state index is 15.7. The lowest BCUT2D eigenvalue weighted by molar-refractivity contribution is -0.0474. The molecule has 0 heterocycles. The summed E-state index contributed by atoms with van der Waals surface area (Å²) in [5.41, 5.74) is 0.183. The van der Waals surface area contributed by atoms with Crippen LogP contribution in [-0.4, -0.2) is 51.6 Å². The predicted molar refractivity (Wildman–Crippen MR) is 188 cm³/mol. The zero-order chi connectivity index (χ0) is 33.7. The van der Waals surface area contributed by atoms with Crippen LogP contribution in [0.1, 0.15) is 20.7 Å². The van der Waals surface area contributed by atoms with Crippen LogP contribution in [0.5, 0.6) is 0 Å². The van der Waals surface area contributed by atoms with Gasteiger partial charge >= 0.3 is 11.9 Å². The lowest BCUT2D eigenvalue weighted by Gasteiger charge is -2.27. The van der Waals surface area contributed by atoms with Crippen molar-refractivity contribution < 1.29 is 36.1 Å². The van der Waals surface area contributed by atoms with E-state index < -0.39 is 51.9 Å². The van der Waals surface area contributed by atoms with Crippen LogP contribution in [-0.2, 0) is 23.8 Å². The van der Waals surface area contributed by atoms with E-state index in [9.17, 15) is 18.0 Å². The van der Waals surface area contributed by atoms with E-state index in [0.29, 0.717) is 5.39 Å². The van der Waals surface area contributed by atoms with Crippen LogP contribution in [0.2, 0.25) is 15.1 Å². The second-order valence-electron chi connectivity index (χ2n) is 10.1. The van der Waals surface area contributed by atoms with Gasteiger partial charge in [0, 0.05) is 6.21 Å². The molecule has 5 rings (SSSR count). The highest BCUT2D eigenvalue weighted by atomic mass is 127. The van der Waals surface area contributed by atoms with Crippen molar-refractivity contribution in [2.75, 3.05) is 6.61 Å². The van der Waals surface area contributed by atoms with Gasteiger partial charge in [-0.1, -0.05) is 95.5 Å². The Morgan fingerprint density at radius 1 is 0.766 bits per heavy atom. The Balaban J connectivity index is 1.49. The fraction of sp³-hybridized carbons (Fsp3) is 0.121. The summed E-state index contributed by atoms with van der Waals surface area (Å²) in [6.07, 6.45) is -5.32. The molecule has 14 heteroatoms. The number of rotatable bonds is 11. The van der Waals surface area contributed by atoms with E-state index >= 15 is 4.39 Å². The van der Waals surface area contributed by atoms with Gasteiger partial charge in [-0.15, -0.1) is 0 Å². The molecule has 8 nitrogen and oxygen atoms in total. The van der Waals surface area contributed by atoms with E-state index in [0.717, 1.165) is 34.5 Å². The van der Waals surface area contributed by atoms with Crippen LogP contribution in [0.3, 0.4) is 0 Å². The lowest BCUT2D eigenvalue weighted by Crippen LogP contribution is -2.45. The first-order chi connectivity index (χ1) is 22.5. The Kier molecular flexibility index (Phi) is 11.4. The summed E-state index contributed by atoms with van der Waals surface area (Å²) in [6, 6.07) is 26.1. The maximum Gasteiger partial charge on any atom is 0.338 e. The summed E-state index contributed by atoms with van der Waals surface area (Å²) in [5.74, 6) is -1.86. The van der Waals surface area contributed by atoms with E-state index in [1.807, 2.05) is 24.3 Å². The largest absolute Gasteiger partial charge is 0.459 e. The van der Waals surface area contributed by atoms with Gasteiger partial charge in [0.15, 0.2) is 18.4 Å². The number of hydrogen-bond donors (Lipinski definition) is 0. The Hall–Kier alpha value is -3.33. The number of alkyl halides is 1. The van der Waals surface area contributed by atoms with E-state index in [2.05, 4.69) is 3.21 Å². The molecule has 0 radical (unpaired) electrons. The van der Waals surface area contributed by atoms with Crippen molar-refractivity contribution in [3.8, 4) is 0 Å². The average molecular weight is 829 g/mol. The minimum absolute atomic E-state index is 0.0271. The molecule has 0 bridgehead atoms. The number of hydrogen-bond acceptors (Lipinski definition) is 8. The van der Waals surface area contributed by atoms with Crippen molar-refractivity contribution in [1.29, 1.82) is 0 Å². The van der Waals surface area contributed by atoms with Crippen molar-refractivity contribution in [1.82, 2.24) is 0 Å². The molecule has 0 aliphatic carbocycles. The first kappa shape index (κ1) is 35.0. The molecule has 3 atom stereocenters. The maximum absolute atomic E-state index is 15.7. The monoisotopic (exact) mass is 827 g/mol. The first-order valence-electron chi connectivity index (χ1n) is 13.7. The summed E-state index contributed by atoms with van der Waals surface area (Å²) in [5, 5.41) is 2.63. The molecule has 5 aromatic carbocycles. The van der Waals surface area contributed by atoms with Crippen molar-refractivity contribution in [3.05, 3.63) is 123 Å². The Morgan fingerprint density at radius 2 is 1.30 bits per heavy atom. The summed E-state index contributed by atoms with van der Waals surface area (Å²) >= 11 is 19.7. The third-order valence-corrected chi connectivity index (χ3v) is 9.81. The topological polar surface area (TPSA) is 108 Å². The normalized spacial score (nSPS) is 13.8. The Bertz CT molecular complexity index is 2120. The number of fused-ring (bicyclic) bond motifs is 2. The van der Waals surface area contributed by atoms with Crippen molar-refractivity contribution in [3.63, 3.8) is 0 Å². The lowest BCUT2D eigenvalue weighted by atomic mass is 10.1. The van der Waals surface area contributed by atoms with Gasteiger partial charge < -0.3 is 9.47 Å². The summed E-state index contributed by atoms with van der Waals surface area (Å²) in [6.45, 7) is -0.866. The number of halogens is 5. The van der Waals surface area contributed by atoms with Crippen molar-refractivity contribution in [2.24, 2.45) is 3.21 Å². The molecular formula is C33H22Cl3FINO7S. The van der Waals surface area contributed by atoms with Gasteiger partial charge in [0.2, 0.25) is 0 Å². The van der Waals surface area contributed by atoms with Gasteiger partial charge in [0.25, 0.3) is 10.1 Å². The van der Waals surface area contributed by atoms with Crippen molar-refractivity contribution in [2.45, 2.75) is 23.3 Å². The van der Waals surface area contributed by atoms with Crippen LogP contribution in [0, 0.1) is 0 Å². The van der Waals surface area contributed by atoms with Gasteiger partial charge in [0.05, 0.1) is 49.1 Å². The molecule has 0 aliphatic heterocycles. The van der Waals surface area contributed by atoms with Crippen LogP contribution in [0.15, 0.2) is 105 Å². The minimum atomic E-state index is -4.86. The fourth-order valence-corrected chi connectivity index (χ4v) is 6.99. The van der Waals surface area contributed by atoms with E-state index in [4.69, 9.17) is 48.5 Å². The molecule has 0 saturated carbocycles. The third-order valence-electron chi connectivity index (χ3n) is 6.97. The highest BCUT2D eigenvalue weighted by molar-refractivity contribution is 14.1. The summed E-state index contributed by atoms with van der Waals surface area (Å²) in [7, 11) is -4.86. The molecule has 0 unspecified atom stereocenters. The molecule has 0 saturated heterocycles. The first-order valence-corrected chi connectivity index (χ1v) is 17.2. The smallest absolute Gasteiger partial charge is 0.338 e. The predicted octanol–water partition coefficient (Wildman–Crippen LogP) is 8.87. The Labute approximate surface area is 298 Å². The van der Waals surface area contributed by atoms with Gasteiger partial charge in [-0.3, -0.25) is 4.18 Å². The number of benzene rings is 5. The number of carbonyl (C=O) groups is 2. The van der Waals surface area contributed by atoms with E-state index in [-0.39, 0.29) is 26.2 Å². The van der Waals surface area contributed by atoms with Crippen LogP contribution >= 0.6 is 57.7 Å². The average Bonchev–Trinajstić information content (AvgIpc) is 3.06. The molecule has 47 heavy (non-hydrogen) atoms. The molecule has 0 fully saturated rings. The second kappa shape index (κ2) is 15.3. The SMILES string of the molecule is O=C(OC[C@@H](OS(=O)(=O)c1cc(Cl)c(Cl)cc1Cl)[C@@H](OC(=O)c1ccc2ccccc2c1)[C@H](F)C=NI)c1ccc2ccccc2c1. The zero-order valence-electron chi connectivity index (χ0n) is 23.9. The molecular weight excluding hydrogens is 807 g/mol. The zero-order valence-corrected chi connectivity index (χ0v) is 29.1. The fourth-order valence-electron chi connectivity index (χ4n) is 4.64. The molecule has 0 N–H and O–H groups in total. The summed E-state index contributed by atoms with van der Waals surface area (Å²) < 4.78 is 62.8. The van der Waals surface area contributed by atoms with Crippen LogP contribution in [0.4, 0.5) is 4.39 Å². The molecule has 5 aromatic rings. The molecule has 242 valence electrons. The van der Waals surface area contributed by atoms with Gasteiger partial charge in [-0.05, 0) is 57.9 Å². The van der Waals surface area contributed by atoms with E-state index in [1.54, 1.807) is 42.5 Å². The van der Waals surface area contributed by atoms with E-state index in [1.165, 1.54) is 41.1 Å². The van der Waals surface area contributed by atoms with Gasteiger partial charge in [0.1, 0.15) is 11.5 Å². The number of carbonyl (C=O) groups excluding carboxylic acids is 2. The minimum Gasteiger partial charge on any atom is -0.459 e. The number of esters is 2. The molecule has 0 spiro atoms. The quantitative estimate of drug-likeness (QED) is 0.0431. The highest BCUT2D eigenvalue weighted by Crippen LogP contribution is 2.33. The number of nitrogens with zero attached hydrogens (tertiary/aromatic N) is 1. The number of ether oxygens (including phenoxy) is 2. The third kappa shape index (κ3) is 8.40. The Morgan fingerprint density at radius 3 is 1.87 bits per heavy atom.